The van der Waals surface area contributed by atoms with Gasteiger partial charge in [0.2, 0.25) is 0 Å². The molecule has 26 heavy (non-hydrogen) atoms. The van der Waals surface area contributed by atoms with Crippen LogP contribution in [0.2, 0.25) is 0 Å². The molecule has 4 heterocycles. The van der Waals surface area contributed by atoms with Gasteiger partial charge in [-0.2, -0.15) is 11.3 Å². The number of rotatable bonds is 4. The standard InChI is InChI=1S/C20H22N4OS/c1-3-17-10-19(23-20(22-17)15-4-7-21-8-5-15)24-11-14(2)25-18(12-24)16-6-9-26-13-16/h4-10,13-14,18H,3,11-12H2,1-2H3/t14-,18+/m0/s1. The third kappa shape index (κ3) is 3.61. The lowest BCUT2D eigenvalue weighted by atomic mass is 10.1. The fourth-order valence-electron chi connectivity index (χ4n) is 3.24. The van der Waals surface area contributed by atoms with Crippen molar-refractivity contribution in [2.45, 2.75) is 32.5 Å². The van der Waals surface area contributed by atoms with E-state index in [4.69, 9.17) is 14.7 Å². The predicted octanol–water partition coefficient (Wildman–Crippen LogP) is 4.13. The molecule has 0 bridgehead atoms. The van der Waals surface area contributed by atoms with Gasteiger partial charge in [-0.15, -0.1) is 0 Å². The molecular weight excluding hydrogens is 344 g/mol. The van der Waals surface area contributed by atoms with Crippen molar-refractivity contribution in [1.29, 1.82) is 0 Å². The summed E-state index contributed by atoms with van der Waals surface area (Å²) in [4.78, 5) is 16.0. The first-order valence-electron chi connectivity index (χ1n) is 8.93. The first-order valence-corrected chi connectivity index (χ1v) is 9.88. The van der Waals surface area contributed by atoms with Gasteiger partial charge in [-0.05, 0) is 47.9 Å². The Balaban J connectivity index is 1.67. The molecular formula is C20H22N4OS. The fraction of sp³-hybridized carbons (Fsp3) is 0.350. The van der Waals surface area contributed by atoms with Gasteiger partial charge in [-0.3, -0.25) is 4.98 Å². The fourth-order valence-corrected chi connectivity index (χ4v) is 3.94. The highest BCUT2D eigenvalue weighted by Crippen LogP contribution is 2.30. The quantitative estimate of drug-likeness (QED) is 0.695. The normalized spacial score (nSPS) is 20.3. The van der Waals surface area contributed by atoms with Gasteiger partial charge in [-0.1, -0.05) is 6.92 Å². The second kappa shape index (κ2) is 7.51. The van der Waals surface area contributed by atoms with E-state index in [1.165, 1.54) is 5.56 Å². The van der Waals surface area contributed by atoms with Crippen molar-refractivity contribution in [2.75, 3.05) is 18.0 Å². The molecule has 2 atom stereocenters. The molecule has 0 aromatic carbocycles. The first-order chi connectivity index (χ1) is 12.7. The number of ether oxygens (including phenoxy) is 1. The van der Waals surface area contributed by atoms with Crippen LogP contribution < -0.4 is 4.90 Å². The molecule has 0 amide bonds. The summed E-state index contributed by atoms with van der Waals surface area (Å²) < 4.78 is 6.17. The van der Waals surface area contributed by atoms with Gasteiger partial charge in [0, 0.05) is 42.8 Å². The maximum Gasteiger partial charge on any atom is 0.161 e. The van der Waals surface area contributed by atoms with E-state index >= 15 is 0 Å². The van der Waals surface area contributed by atoms with E-state index in [0.29, 0.717) is 0 Å². The number of anilines is 1. The molecule has 0 saturated carbocycles. The van der Waals surface area contributed by atoms with Crippen LogP contribution in [0.25, 0.3) is 11.4 Å². The maximum absolute atomic E-state index is 6.17. The minimum Gasteiger partial charge on any atom is -0.367 e. The topological polar surface area (TPSA) is 51.1 Å². The van der Waals surface area contributed by atoms with Crippen LogP contribution in [0.15, 0.2) is 47.4 Å². The van der Waals surface area contributed by atoms with E-state index in [1.54, 1.807) is 23.7 Å². The Hall–Kier alpha value is -2.31. The molecule has 0 spiro atoms. The van der Waals surface area contributed by atoms with Gasteiger partial charge in [0.15, 0.2) is 5.82 Å². The number of thiophene rings is 1. The second-order valence-electron chi connectivity index (χ2n) is 6.53. The molecule has 0 radical (unpaired) electrons. The number of aromatic nitrogens is 3. The lowest BCUT2D eigenvalue weighted by molar-refractivity contribution is -0.0174. The van der Waals surface area contributed by atoms with Crippen LogP contribution in [0.1, 0.15) is 31.2 Å². The average molecular weight is 366 g/mol. The number of hydrogen-bond acceptors (Lipinski definition) is 6. The van der Waals surface area contributed by atoms with Gasteiger partial charge in [0.25, 0.3) is 0 Å². The molecule has 6 heteroatoms. The van der Waals surface area contributed by atoms with E-state index in [0.717, 1.165) is 42.4 Å². The second-order valence-corrected chi connectivity index (χ2v) is 7.31. The van der Waals surface area contributed by atoms with Gasteiger partial charge >= 0.3 is 0 Å². The Labute approximate surface area is 157 Å². The number of aryl methyl sites for hydroxylation is 1. The highest BCUT2D eigenvalue weighted by Gasteiger charge is 2.28. The molecule has 1 aliphatic heterocycles. The Morgan fingerprint density at radius 1 is 1.19 bits per heavy atom. The molecule has 0 unspecified atom stereocenters. The van der Waals surface area contributed by atoms with Crippen molar-refractivity contribution in [3.63, 3.8) is 0 Å². The van der Waals surface area contributed by atoms with Crippen LogP contribution in [-0.2, 0) is 11.2 Å². The zero-order valence-electron chi connectivity index (χ0n) is 15.0. The average Bonchev–Trinajstić information content (AvgIpc) is 3.23. The maximum atomic E-state index is 6.17. The highest BCUT2D eigenvalue weighted by atomic mass is 32.1. The number of hydrogen-bond donors (Lipinski definition) is 0. The summed E-state index contributed by atoms with van der Waals surface area (Å²) in [6.45, 7) is 5.88. The van der Waals surface area contributed by atoms with Gasteiger partial charge in [0.05, 0.1) is 6.10 Å². The van der Waals surface area contributed by atoms with Crippen molar-refractivity contribution in [1.82, 2.24) is 15.0 Å². The Morgan fingerprint density at radius 2 is 2.04 bits per heavy atom. The zero-order valence-corrected chi connectivity index (χ0v) is 15.8. The Bertz CT molecular complexity index is 854. The van der Waals surface area contributed by atoms with Gasteiger partial charge in [0.1, 0.15) is 11.9 Å². The third-order valence-corrected chi connectivity index (χ3v) is 5.27. The van der Waals surface area contributed by atoms with Gasteiger partial charge < -0.3 is 9.64 Å². The Kier molecular flexibility index (Phi) is 4.95. The van der Waals surface area contributed by atoms with Crippen molar-refractivity contribution >= 4 is 17.2 Å². The summed E-state index contributed by atoms with van der Waals surface area (Å²) in [5, 5.41) is 4.27. The molecule has 1 fully saturated rings. The van der Waals surface area contributed by atoms with Crippen LogP contribution in [0.4, 0.5) is 5.82 Å². The van der Waals surface area contributed by atoms with E-state index in [1.807, 2.05) is 12.1 Å². The number of nitrogens with zero attached hydrogens (tertiary/aromatic N) is 4. The summed E-state index contributed by atoms with van der Waals surface area (Å²) in [6.07, 6.45) is 4.66. The molecule has 4 rings (SSSR count). The minimum atomic E-state index is 0.0782. The van der Waals surface area contributed by atoms with Gasteiger partial charge in [-0.25, -0.2) is 9.97 Å². The molecule has 3 aromatic rings. The van der Waals surface area contributed by atoms with E-state index < -0.39 is 0 Å². The van der Waals surface area contributed by atoms with E-state index in [-0.39, 0.29) is 12.2 Å². The summed E-state index contributed by atoms with van der Waals surface area (Å²) in [5.41, 5.74) is 3.28. The monoisotopic (exact) mass is 366 g/mol. The van der Waals surface area contributed by atoms with E-state index in [2.05, 4.69) is 46.6 Å². The highest BCUT2D eigenvalue weighted by molar-refractivity contribution is 7.07. The molecule has 1 saturated heterocycles. The van der Waals surface area contributed by atoms with Crippen molar-refractivity contribution in [3.8, 4) is 11.4 Å². The molecule has 5 nitrogen and oxygen atoms in total. The van der Waals surface area contributed by atoms with Crippen molar-refractivity contribution < 1.29 is 4.74 Å². The van der Waals surface area contributed by atoms with Crippen LogP contribution in [-0.4, -0.2) is 34.1 Å². The first kappa shape index (κ1) is 17.1. The van der Waals surface area contributed by atoms with Crippen molar-refractivity contribution in [3.05, 3.63) is 58.7 Å². The number of pyridine rings is 1. The zero-order chi connectivity index (χ0) is 17.9. The minimum absolute atomic E-state index is 0.0782. The molecule has 0 N–H and O–H groups in total. The lowest BCUT2D eigenvalue weighted by Gasteiger charge is -2.37. The van der Waals surface area contributed by atoms with Crippen molar-refractivity contribution in [2.24, 2.45) is 0 Å². The predicted molar refractivity (Wildman–Crippen MR) is 104 cm³/mol. The largest absolute Gasteiger partial charge is 0.367 e. The molecule has 3 aromatic heterocycles. The summed E-state index contributed by atoms with van der Waals surface area (Å²) in [5.74, 6) is 1.73. The Morgan fingerprint density at radius 3 is 2.77 bits per heavy atom. The summed E-state index contributed by atoms with van der Waals surface area (Å²) in [6, 6.07) is 8.15. The van der Waals surface area contributed by atoms with Crippen LogP contribution in [0.5, 0.6) is 0 Å². The molecule has 134 valence electrons. The van der Waals surface area contributed by atoms with Crippen LogP contribution in [0.3, 0.4) is 0 Å². The van der Waals surface area contributed by atoms with Crippen LogP contribution in [0, 0.1) is 0 Å². The number of morpholine rings is 1. The summed E-state index contributed by atoms with van der Waals surface area (Å²) >= 11 is 1.71. The summed E-state index contributed by atoms with van der Waals surface area (Å²) in [7, 11) is 0. The lowest BCUT2D eigenvalue weighted by Crippen LogP contribution is -2.43. The third-order valence-electron chi connectivity index (χ3n) is 4.57. The molecule has 1 aliphatic rings. The van der Waals surface area contributed by atoms with E-state index in [9.17, 15) is 0 Å². The smallest absolute Gasteiger partial charge is 0.161 e. The molecule has 0 aliphatic carbocycles. The SMILES string of the molecule is CCc1cc(N2C[C@H](C)O[C@@H](c3ccsc3)C2)nc(-c2ccncc2)n1. The van der Waals surface area contributed by atoms with Crippen LogP contribution >= 0.6 is 11.3 Å².